The van der Waals surface area contributed by atoms with Crippen molar-refractivity contribution < 1.29 is 19.1 Å². The van der Waals surface area contributed by atoms with Gasteiger partial charge >= 0.3 is 0 Å². The SMILES string of the molecule is COC1=CC=C(OC)C2C=C(CCNC(=O)Cc3cccc(C)c3)C(=O)N=C12. The molecule has 0 radical (unpaired) electrons. The van der Waals surface area contributed by atoms with Gasteiger partial charge in [-0.15, -0.1) is 0 Å². The number of aliphatic imine (C=N–C) groups is 1. The highest BCUT2D eigenvalue weighted by Gasteiger charge is 2.32. The van der Waals surface area contributed by atoms with Gasteiger partial charge in [-0.25, -0.2) is 4.99 Å². The van der Waals surface area contributed by atoms with Crippen molar-refractivity contribution in [1.29, 1.82) is 0 Å². The molecule has 2 aliphatic rings. The summed E-state index contributed by atoms with van der Waals surface area (Å²) < 4.78 is 10.7. The molecule has 1 heterocycles. The smallest absolute Gasteiger partial charge is 0.273 e. The van der Waals surface area contributed by atoms with Gasteiger partial charge in [-0.3, -0.25) is 9.59 Å². The number of nitrogens with one attached hydrogen (secondary N) is 1. The van der Waals surface area contributed by atoms with Crippen molar-refractivity contribution in [2.45, 2.75) is 19.8 Å². The lowest BCUT2D eigenvalue weighted by Crippen LogP contribution is -2.30. The molecule has 0 aromatic heterocycles. The van der Waals surface area contributed by atoms with Gasteiger partial charge < -0.3 is 14.8 Å². The number of rotatable bonds is 7. The van der Waals surface area contributed by atoms with Crippen LogP contribution >= 0.6 is 0 Å². The van der Waals surface area contributed by atoms with E-state index in [0.717, 1.165) is 11.1 Å². The second-order valence-corrected chi connectivity index (χ2v) is 6.75. The first-order valence-corrected chi connectivity index (χ1v) is 9.18. The number of hydrogen-bond donors (Lipinski definition) is 1. The van der Waals surface area contributed by atoms with E-state index in [9.17, 15) is 9.59 Å². The molecule has 1 unspecified atom stereocenters. The number of carbonyl (C=O) groups is 2. The highest BCUT2D eigenvalue weighted by Crippen LogP contribution is 2.30. The van der Waals surface area contributed by atoms with Crippen LogP contribution in [-0.2, 0) is 25.5 Å². The zero-order valence-electron chi connectivity index (χ0n) is 16.3. The number of amides is 2. The number of benzene rings is 1. The molecule has 0 saturated carbocycles. The molecule has 3 rings (SSSR count). The van der Waals surface area contributed by atoms with E-state index in [1.165, 1.54) is 0 Å². The monoisotopic (exact) mass is 380 g/mol. The van der Waals surface area contributed by atoms with Crippen molar-refractivity contribution in [3.63, 3.8) is 0 Å². The fraction of sp³-hybridized carbons (Fsp3) is 0.318. The van der Waals surface area contributed by atoms with Crippen molar-refractivity contribution in [2.24, 2.45) is 10.9 Å². The lowest BCUT2D eigenvalue weighted by Gasteiger charge is -2.26. The third kappa shape index (κ3) is 4.39. The van der Waals surface area contributed by atoms with Crippen LogP contribution in [0, 0.1) is 12.8 Å². The number of dihydropyridines is 1. The van der Waals surface area contributed by atoms with E-state index in [0.29, 0.717) is 42.2 Å². The van der Waals surface area contributed by atoms with Crippen molar-refractivity contribution in [1.82, 2.24) is 5.32 Å². The summed E-state index contributed by atoms with van der Waals surface area (Å²) in [5.41, 5.74) is 3.20. The molecule has 1 aliphatic carbocycles. The number of hydrogen-bond acceptors (Lipinski definition) is 4. The molecule has 1 atom stereocenters. The van der Waals surface area contributed by atoms with E-state index in [2.05, 4.69) is 10.3 Å². The molecular formula is C22H24N2O4. The molecule has 146 valence electrons. The number of fused-ring (bicyclic) bond motifs is 1. The Kier molecular flexibility index (Phi) is 6.09. The van der Waals surface area contributed by atoms with E-state index in [1.54, 1.807) is 20.3 Å². The predicted octanol–water partition coefficient (Wildman–Crippen LogP) is 2.64. The zero-order valence-corrected chi connectivity index (χ0v) is 16.3. The largest absolute Gasteiger partial charge is 0.500 e. The van der Waals surface area contributed by atoms with Crippen LogP contribution in [0.25, 0.3) is 0 Å². The molecule has 0 fully saturated rings. The molecule has 1 aromatic rings. The average molecular weight is 380 g/mol. The minimum Gasteiger partial charge on any atom is -0.500 e. The summed E-state index contributed by atoms with van der Waals surface area (Å²) >= 11 is 0. The van der Waals surface area contributed by atoms with E-state index in [1.807, 2.05) is 43.3 Å². The predicted molar refractivity (Wildman–Crippen MR) is 107 cm³/mol. The maximum atomic E-state index is 12.4. The maximum Gasteiger partial charge on any atom is 0.273 e. The van der Waals surface area contributed by atoms with Crippen LogP contribution in [0.15, 0.2) is 64.6 Å². The molecule has 0 saturated heterocycles. The van der Waals surface area contributed by atoms with Crippen molar-refractivity contribution in [3.8, 4) is 0 Å². The Labute approximate surface area is 164 Å². The van der Waals surface area contributed by atoms with Crippen LogP contribution in [0.4, 0.5) is 0 Å². The fourth-order valence-electron chi connectivity index (χ4n) is 3.34. The standard InChI is InChI=1S/C22H24N2O4/c1-14-5-4-6-15(11-14)12-20(25)23-10-9-16-13-17-18(27-2)7-8-19(28-3)21(17)24-22(16)26/h4-8,11,13,17H,9-10,12H2,1-3H3,(H,23,25). The summed E-state index contributed by atoms with van der Waals surface area (Å²) in [5, 5.41) is 2.87. The van der Waals surface area contributed by atoms with Crippen molar-refractivity contribution in [3.05, 3.63) is 70.7 Å². The third-order valence-corrected chi connectivity index (χ3v) is 4.74. The highest BCUT2D eigenvalue weighted by molar-refractivity contribution is 6.15. The molecule has 0 spiro atoms. The van der Waals surface area contributed by atoms with Crippen molar-refractivity contribution in [2.75, 3.05) is 20.8 Å². The molecule has 1 N–H and O–H groups in total. The lowest BCUT2D eigenvalue weighted by atomic mass is 9.89. The van der Waals surface area contributed by atoms with E-state index < -0.39 is 0 Å². The first kappa shape index (κ1) is 19.6. The molecule has 28 heavy (non-hydrogen) atoms. The maximum absolute atomic E-state index is 12.4. The summed E-state index contributed by atoms with van der Waals surface area (Å²) in [6.07, 6.45) is 6.13. The van der Waals surface area contributed by atoms with Crippen LogP contribution in [0.2, 0.25) is 0 Å². The first-order chi connectivity index (χ1) is 13.5. The van der Waals surface area contributed by atoms with E-state index in [-0.39, 0.29) is 17.7 Å². The van der Waals surface area contributed by atoms with Crippen LogP contribution in [0.3, 0.4) is 0 Å². The number of ether oxygens (including phenoxy) is 2. The number of aryl methyl sites for hydroxylation is 1. The summed E-state index contributed by atoms with van der Waals surface area (Å²) in [5.74, 6) is 0.632. The van der Waals surface area contributed by atoms with E-state index in [4.69, 9.17) is 9.47 Å². The quantitative estimate of drug-likeness (QED) is 0.789. The van der Waals surface area contributed by atoms with Gasteiger partial charge in [0, 0.05) is 12.1 Å². The van der Waals surface area contributed by atoms with Gasteiger partial charge in [0.2, 0.25) is 5.91 Å². The van der Waals surface area contributed by atoms with Gasteiger partial charge in [0.25, 0.3) is 5.91 Å². The zero-order chi connectivity index (χ0) is 20.1. The normalized spacial score (nSPS) is 18.2. The van der Waals surface area contributed by atoms with Crippen LogP contribution in [0.1, 0.15) is 17.5 Å². The minimum atomic E-state index is -0.306. The summed E-state index contributed by atoms with van der Waals surface area (Å²) in [6, 6.07) is 7.85. The Morgan fingerprint density at radius 2 is 2.04 bits per heavy atom. The summed E-state index contributed by atoms with van der Waals surface area (Å²) in [4.78, 5) is 28.8. The van der Waals surface area contributed by atoms with Gasteiger partial charge in [0.05, 0.1) is 26.6 Å². The number of nitrogens with zero attached hydrogens (tertiary/aromatic N) is 1. The van der Waals surface area contributed by atoms with E-state index >= 15 is 0 Å². The van der Waals surface area contributed by atoms with Gasteiger partial charge in [0.1, 0.15) is 17.2 Å². The molecule has 6 heteroatoms. The number of allylic oxidation sites excluding steroid dienone is 4. The highest BCUT2D eigenvalue weighted by atomic mass is 16.5. The Morgan fingerprint density at radius 3 is 2.75 bits per heavy atom. The average Bonchev–Trinajstić information content (AvgIpc) is 2.67. The van der Waals surface area contributed by atoms with Gasteiger partial charge in [0.15, 0.2) is 0 Å². The van der Waals surface area contributed by atoms with Crippen molar-refractivity contribution >= 4 is 17.5 Å². The molecule has 1 aliphatic heterocycles. The molecule has 2 amide bonds. The van der Waals surface area contributed by atoms with Crippen LogP contribution in [0.5, 0.6) is 0 Å². The lowest BCUT2D eigenvalue weighted by molar-refractivity contribution is -0.120. The Morgan fingerprint density at radius 1 is 1.21 bits per heavy atom. The summed E-state index contributed by atoms with van der Waals surface area (Å²) in [6.45, 7) is 2.37. The second kappa shape index (κ2) is 8.69. The topological polar surface area (TPSA) is 77.0 Å². The molecule has 6 nitrogen and oxygen atoms in total. The first-order valence-electron chi connectivity index (χ1n) is 9.18. The Hall–Kier alpha value is -3.15. The Balaban J connectivity index is 1.60. The minimum absolute atomic E-state index is 0.0709. The van der Waals surface area contributed by atoms with Crippen LogP contribution < -0.4 is 5.32 Å². The van der Waals surface area contributed by atoms with Crippen LogP contribution in [-0.4, -0.2) is 38.3 Å². The molecular weight excluding hydrogens is 356 g/mol. The van der Waals surface area contributed by atoms with Gasteiger partial charge in [-0.05, 0) is 31.1 Å². The Bertz CT molecular complexity index is 909. The van der Waals surface area contributed by atoms with Gasteiger partial charge in [-0.1, -0.05) is 35.9 Å². The fourth-order valence-corrected chi connectivity index (χ4v) is 3.34. The second-order valence-electron chi connectivity index (χ2n) is 6.75. The number of carbonyl (C=O) groups excluding carboxylic acids is 2. The molecule has 0 bridgehead atoms. The van der Waals surface area contributed by atoms with Gasteiger partial charge in [-0.2, -0.15) is 0 Å². The third-order valence-electron chi connectivity index (χ3n) is 4.74. The number of methoxy groups -OCH3 is 2. The molecule has 1 aromatic carbocycles. The summed E-state index contributed by atoms with van der Waals surface area (Å²) in [7, 11) is 3.13.